The van der Waals surface area contributed by atoms with E-state index in [1.165, 1.54) is 12.1 Å². The summed E-state index contributed by atoms with van der Waals surface area (Å²) in [5, 5.41) is 0. The fourth-order valence-electron chi connectivity index (χ4n) is 2.57. The van der Waals surface area contributed by atoms with Gasteiger partial charge in [-0.1, -0.05) is 37.9 Å². The molecule has 0 spiro atoms. The van der Waals surface area contributed by atoms with Crippen LogP contribution in [0.15, 0.2) is 22.7 Å². The van der Waals surface area contributed by atoms with Gasteiger partial charge in [0.2, 0.25) is 0 Å². The van der Waals surface area contributed by atoms with Crippen molar-refractivity contribution in [2.24, 2.45) is 0 Å². The molecule has 0 aromatic heterocycles. The minimum Gasteiger partial charge on any atom is -0.206 e. The van der Waals surface area contributed by atoms with Crippen molar-refractivity contribution in [3.05, 3.63) is 67.7 Å². The van der Waals surface area contributed by atoms with Crippen molar-refractivity contribution in [3.8, 4) is 0 Å². The first-order chi connectivity index (χ1) is 9.73. The van der Waals surface area contributed by atoms with Crippen molar-refractivity contribution in [1.82, 2.24) is 0 Å². The monoisotopic (exact) mass is 416 g/mol. The van der Waals surface area contributed by atoms with E-state index < -0.39 is 16.5 Å². The number of halogens is 4. The Bertz CT molecular complexity index is 659. The molecule has 0 saturated heterocycles. The van der Waals surface area contributed by atoms with Crippen LogP contribution in [0.2, 0.25) is 0 Å². The summed E-state index contributed by atoms with van der Waals surface area (Å²) in [6, 6.07) is 4.68. The van der Waals surface area contributed by atoms with E-state index in [1.54, 1.807) is 0 Å². The SMILES string of the molecule is Cc1cc(C)c(C)c(C(Br)c2c(F)cc(Br)cc2F)c1C. The highest BCUT2D eigenvalue weighted by Crippen LogP contribution is 2.40. The normalized spacial score (nSPS) is 12.6. The first-order valence-electron chi connectivity index (χ1n) is 6.59. The summed E-state index contributed by atoms with van der Waals surface area (Å²) in [6.45, 7) is 8.00. The Kier molecular flexibility index (Phi) is 4.89. The van der Waals surface area contributed by atoms with E-state index in [9.17, 15) is 8.78 Å². The average molecular weight is 418 g/mol. The Morgan fingerprint density at radius 1 is 0.810 bits per heavy atom. The molecule has 0 bridgehead atoms. The highest BCUT2D eigenvalue weighted by Gasteiger charge is 2.24. The van der Waals surface area contributed by atoms with Crippen LogP contribution in [-0.4, -0.2) is 0 Å². The van der Waals surface area contributed by atoms with E-state index in [0.717, 1.165) is 27.8 Å². The van der Waals surface area contributed by atoms with Gasteiger partial charge in [-0.25, -0.2) is 8.78 Å². The second kappa shape index (κ2) is 6.17. The molecule has 2 rings (SSSR count). The summed E-state index contributed by atoms with van der Waals surface area (Å²) in [5.41, 5.74) is 5.34. The Labute approximate surface area is 140 Å². The number of aryl methyl sites for hydroxylation is 2. The van der Waals surface area contributed by atoms with Gasteiger partial charge >= 0.3 is 0 Å². The van der Waals surface area contributed by atoms with Gasteiger partial charge in [-0.3, -0.25) is 0 Å². The number of hydrogen-bond donors (Lipinski definition) is 0. The molecule has 21 heavy (non-hydrogen) atoms. The van der Waals surface area contributed by atoms with Gasteiger partial charge in [0.15, 0.2) is 0 Å². The van der Waals surface area contributed by atoms with E-state index in [1.807, 2.05) is 27.7 Å². The highest BCUT2D eigenvalue weighted by molar-refractivity contribution is 9.10. The van der Waals surface area contributed by atoms with Crippen LogP contribution in [0.5, 0.6) is 0 Å². The zero-order valence-electron chi connectivity index (χ0n) is 12.3. The smallest absolute Gasteiger partial charge is 0.131 e. The van der Waals surface area contributed by atoms with Gasteiger partial charge in [-0.15, -0.1) is 0 Å². The molecule has 2 aromatic carbocycles. The topological polar surface area (TPSA) is 0 Å². The predicted molar refractivity (Wildman–Crippen MR) is 90.2 cm³/mol. The van der Waals surface area contributed by atoms with Crippen molar-refractivity contribution < 1.29 is 8.78 Å². The fourth-order valence-corrected chi connectivity index (χ4v) is 4.09. The first-order valence-corrected chi connectivity index (χ1v) is 8.30. The average Bonchev–Trinajstić information content (AvgIpc) is 2.35. The summed E-state index contributed by atoms with van der Waals surface area (Å²) in [7, 11) is 0. The largest absolute Gasteiger partial charge is 0.206 e. The molecular formula is C17H16Br2F2. The summed E-state index contributed by atoms with van der Waals surface area (Å²) in [5.74, 6) is -1.11. The van der Waals surface area contributed by atoms with Crippen LogP contribution in [0.1, 0.15) is 38.2 Å². The van der Waals surface area contributed by atoms with Gasteiger partial charge in [0.25, 0.3) is 0 Å². The van der Waals surface area contributed by atoms with Gasteiger partial charge in [-0.05, 0) is 67.6 Å². The zero-order valence-corrected chi connectivity index (χ0v) is 15.5. The molecule has 0 saturated carbocycles. The maximum atomic E-state index is 14.2. The van der Waals surface area contributed by atoms with Gasteiger partial charge in [0, 0.05) is 10.0 Å². The second-order valence-electron chi connectivity index (χ2n) is 5.32. The number of rotatable bonds is 2. The first kappa shape index (κ1) is 16.6. The molecule has 0 aliphatic heterocycles. The standard InChI is InChI=1S/C17H16Br2F2/c1-8-5-9(2)11(4)15(10(8)3)17(19)16-13(20)6-12(18)7-14(16)21/h5-7,17H,1-4H3. The molecule has 0 N–H and O–H groups in total. The maximum absolute atomic E-state index is 14.2. The van der Waals surface area contributed by atoms with Crippen LogP contribution in [0.3, 0.4) is 0 Å². The Hall–Kier alpha value is -0.740. The molecule has 0 radical (unpaired) electrons. The van der Waals surface area contributed by atoms with Crippen molar-refractivity contribution >= 4 is 31.9 Å². The lowest BCUT2D eigenvalue weighted by Crippen LogP contribution is -2.07. The third-order valence-electron chi connectivity index (χ3n) is 3.97. The molecule has 0 heterocycles. The minimum absolute atomic E-state index is 0.0504. The molecule has 4 heteroatoms. The summed E-state index contributed by atoms with van der Waals surface area (Å²) < 4.78 is 28.8. The second-order valence-corrected chi connectivity index (χ2v) is 7.15. The molecule has 0 amide bonds. The number of alkyl halides is 1. The van der Waals surface area contributed by atoms with Gasteiger partial charge in [0.1, 0.15) is 11.6 Å². The van der Waals surface area contributed by atoms with E-state index in [0.29, 0.717) is 4.47 Å². The molecule has 1 atom stereocenters. The number of hydrogen-bond acceptors (Lipinski definition) is 0. The summed E-state index contributed by atoms with van der Waals surface area (Å²) in [4.78, 5) is -0.510. The van der Waals surface area contributed by atoms with Gasteiger partial charge < -0.3 is 0 Å². The lowest BCUT2D eigenvalue weighted by atomic mass is 9.90. The lowest BCUT2D eigenvalue weighted by Gasteiger charge is -2.21. The van der Waals surface area contributed by atoms with Crippen molar-refractivity contribution in [1.29, 1.82) is 0 Å². The van der Waals surface area contributed by atoms with E-state index >= 15 is 0 Å². The summed E-state index contributed by atoms with van der Waals surface area (Å²) >= 11 is 6.60. The maximum Gasteiger partial charge on any atom is 0.131 e. The minimum atomic E-state index is -0.554. The van der Waals surface area contributed by atoms with Crippen LogP contribution in [0.4, 0.5) is 8.78 Å². The molecule has 0 nitrogen and oxygen atoms in total. The molecule has 1 unspecified atom stereocenters. The fraction of sp³-hybridized carbons (Fsp3) is 0.294. The summed E-state index contributed by atoms with van der Waals surface area (Å²) in [6.07, 6.45) is 0. The number of benzene rings is 2. The Balaban J connectivity index is 2.69. The van der Waals surface area contributed by atoms with Crippen molar-refractivity contribution in [3.63, 3.8) is 0 Å². The van der Waals surface area contributed by atoms with Crippen LogP contribution in [0.25, 0.3) is 0 Å². The molecule has 0 aliphatic carbocycles. The third-order valence-corrected chi connectivity index (χ3v) is 5.35. The van der Waals surface area contributed by atoms with Gasteiger partial charge in [0.05, 0.1) is 4.83 Å². The molecule has 112 valence electrons. The molecule has 0 fully saturated rings. The predicted octanol–water partition coefficient (Wildman–Crippen LogP) is 6.45. The van der Waals surface area contributed by atoms with Gasteiger partial charge in [-0.2, -0.15) is 0 Å². The quantitative estimate of drug-likeness (QED) is 0.492. The van der Waals surface area contributed by atoms with E-state index in [-0.39, 0.29) is 5.56 Å². The van der Waals surface area contributed by atoms with Crippen molar-refractivity contribution in [2.45, 2.75) is 32.5 Å². The zero-order chi connectivity index (χ0) is 15.9. The highest BCUT2D eigenvalue weighted by atomic mass is 79.9. The van der Waals surface area contributed by atoms with Crippen LogP contribution in [0, 0.1) is 39.3 Å². The Morgan fingerprint density at radius 3 is 1.67 bits per heavy atom. The van der Waals surface area contributed by atoms with Crippen LogP contribution >= 0.6 is 31.9 Å². The molecule has 2 aromatic rings. The third kappa shape index (κ3) is 3.07. The van der Waals surface area contributed by atoms with E-state index in [2.05, 4.69) is 37.9 Å². The molecular weight excluding hydrogens is 402 g/mol. The van der Waals surface area contributed by atoms with Crippen LogP contribution in [-0.2, 0) is 0 Å². The van der Waals surface area contributed by atoms with Crippen LogP contribution < -0.4 is 0 Å². The molecule has 0 aliphatic rings. The lowest BCUT2D eigenvalue weighted by molar-refractivity contribution is 0.559. The van der Waals surface area contributed by atoms with E-state index in [4.69, 9.17) is 0 Å². The Morgan fingerprint density at radius 2 is 1.24 bits per heavy atom. The van der Waals surface area contributed by atoms with Crippen molar-refractivity contribution in [2.75, 3.05) is 0 Å².